The maximum Gasteiger partial charge on any atom is 0.256 e. The topological polar surface area (TPSA) is 33.5 Å². The lowest BCUT2D eigenvalue weighted by molar-refractivity contribution is -0.901. The van der Waals surface area contributed by atoms with Gasteiger partial charge in [-0.05, 0) is 31.5 Å². The van der Waals surface area contributed by atoms with Crippen LogP contribution in [-0.2, 0) is 6.54 Å². The van der Waals surface area contributed by atoms with E-state index in [1.807, 2.05) is 30.3 Å². The van der Waals surface area contributed by atoms with Gasteiger partial charge in [-0.3, -0.25) is 4.79 Å². The number of carbonyl (C=O) groups excluding carboxylic acids is 1. The van der Waals surface area contributed by atoms with Gasteiger partial charge in [-0.2, -0.15) is 0 Å². The standard InChI is InChI=1S/C18H22N2OS/c1-13-14(2)22-18(16(13)12-20-10-6-7-11-20)19-17(21)15-8-4-3-5-9-15/h3-5,8-9H,6-7,10-12H2,1-2H3,(H,19,21)/p+1. The van der Waals surface area contributed by atoms with E-state index in [1.54, 1.807) is 16.2 Å². The maximum atomic E-state index is 12.4. The molecule has 22 heavy (non-hydrogen) atoms. The zero-order valence-electron chi connectivity index (χ0n) is 13.2. The first kappa shape index (κ1) is 15.3. The highest BCUT2D eigenvalue weighted by molar-refractivity contribution is 7.16. The molecule has 2 N–H and O–H groups in total. The number of carbonyl (C=O) groups is 1. The minimum Gasteiger partial charge on any atom is -0.331 e. The van der Waals surface area contributed by atoms with Gasteiger partial charge in [0.25, 0.3) is 5.91 Å². The highest BCUT2D eigenvalue weighted by atomic mass is 32.1. The number of quaternary nitrogens is 1. The first-order chi connectivity index (χ1) is 10.6. The number of nitrogens with one attached hydrogen (secondary N) is 2. The van der Waals surface area contributed by atoms with Crippen LogP contribution in [-0.4, -0.2) is 19.0 Å². The Hall–Kier alpha value is -1.65. The number of aryl methyl sites for hydroxylation is 1. The van der Waals surface area contributed by atoms with E-state index in [-0.39, 0.29) is 5.91 Å². The van der Waals surface area contributed by atoms with Gasteiger partial charge in [0.2, 0.25) is 0 Å². The van der Waals surface area contributed by atoms with Gasteiger partial charge in [0.05, 0.1) is 13.1 Å². The summed E-state index contributed by atoms with van der Waals surface area (Å²) in [5.74, 6) is -0.0143. The molecule has 1 amide bonds. The molecule has 0 spiro atoms. The molecule has 1 aromatic heterocycles. The molecule has 0 unspecified atom stereocenters. The number of amides is 1. The van der Waals surface area contributed by atoms with Gasteiger partial charge in [-0.15, -0.1) is 11.3 Å². The van der Waals surface area contributed by atoms with Crippen LogP contribution in [0.4, 0.5) is 5.00 Å². The average molecular weight is 315 g/mol. The largest absolute Gasteiger partial charge is 0.331 e. The third-order valence-electron chi connectivity index (χ3n) is 4.51. The second-order valence-electron chi connectivity index (χ2n) is 6.04. The summed E-state index contributed by atoms with van der Waals surface area (Å²) in [7, 11) is 0. The first-order valence-corrected chi connectivity index (χ1v) is 8.75. The van der Waals surface area contributed by atoms with Crippen molar-refractivity contribution in [1.29, 1.82) is 0 Å². The number of rotatable bonds is 4. The van der Waals surface area contributed by atoms with Crippen molar-refractivity contribution in [1.82, 2.24) is 0 Å². The molecule has 2 heterocycles. The molecular formula is C18H23N2OS+. The normalized spacial score (nSPS) is 15.2. The number of hydrogen-bond donors (Lipinski definition) is 2. The van der Waals surface area contributed by atoms with Crippen LogP contribution in [0.5, 0.6) is 0 Å². The van der Waals surface area contributed by atoms with E-state index in [9.17, 15) is 4.79 Å². The zero-order chi connectivity index (χ0) is 15.5. The zero-order valence-corrected chi connectivity index (χ0v) is 14.1. The van der Waals surface area contributed by atoms with Crippen molar-refractivity contribution in [2.75, 3.05) is 18.4 Å². The smallest absolute Gasteiger partial charge is 0.256 e. The lowest BCUT2D eigenvalue weighted by Crippen LogP contribution is -3.08. The lowest BCUT2D eigenvalue weighted by Gasteiger charge is -2.14. The molecule has 3 nitrogen and oxygen atoms in total. The second-order valence-corrected chi connectivity index (χ2v) is 7.27. The fourth-order valence-corrected chi connectivity index (χ4v) is 4.13. The van der Waals surface area contributed by atoms with Crippen LogP contribution in [0.2, 0.25) is 0 Å². The molecule has 0 atom stereocenters. The Morgan fingerprint density at radius 2 is 1.86 bits per heavy atom. The quantitative estimate of drug-likeness (QED) is 0.894. The summed E-state index contributed by atoms with van der Waals surface area (Å²) in [5, 5.41) is 4.16. The van der Waals surface area contributed by atoms with Gasteiger partial charge in [0.1, 0.15) is 11.5 Å². The molecule has 0 aliphatic carbocycles. The minimum absolute atomic E-state index is 0.0143. The predicted octanol–water partition coefficient (Wildman–Crippen LogP) is 2.80. The van der Waals surface area contributed by atoms with Gasteiger partial charge in [-0.25, -0.2) is 0 Å². The number of anilines is 1. The summed E-state index contributed by atoms with van der Waals surface area (Å²) in [6.07, 6.45) is 2.65. The van der Waals surface area contributed by atoms with E-state index in [2.05, 4.69) is 19.2 Å². The third kappa shape index (κ3) is 3.23. The number of benzene rings is 1. The van der Waals surface area contributed by atoms with Crippen molar-refractivity contribution in [2.24, 2.45) is 0 Å². The van der Waals surface area contributed by atoms with Gasteiger partial charge < -0.3 is 10.2 Å². The molecular weight excluding hydrogens is 292 g/mol. The summed E-state index contributed by atoms with van der Waals surface area (Å²) < 4.78 is 0. The Morgan fingerprint density at radius 1 is 1.18 bits per heavy atom. The van der Waals surface area contributed by atoms with E-state index in [4.69, 9.17) is 0 Å². The molecule has 4 heteroatoms. The van der Waals surface area contributed by atoms with Crippen LogP contribution in [0.15, 0.2) is 30.3 Å². The van der Waals surface area contributed by atoms with Gasteiger partial charge in [-0.1, -0.05) is 18.2 Å². The molecule has 3 rings (SSSR count). The van der Waals surface area contributed by atoms with E-state index < -0.39 is 0 Å². The average Bonchev–Trinajstić information content (AvgIpc) is 3.13. The summed E-state index contributed by atoms with van der Waals surface area (Å²) in [4.78, 5) is 15.4. The van der Waals surface area contributed by atoms with Crippen LogP contribution in [0.25, 0.3) is 0 Å². The lowest BCUT2D eigenvalue weighted by atomic mass is 10.1. The van der Waals surface area contributed by atoms with Crippen molar-refractivity contribution < 1.29 is 9.69 Å². The molecule has 2 aromatic rings. The molecule has 1 aliphatic rings. The van der Waals surface area contributed by atoms with E-state index in [0.717, 1.165) is 11.5 Å². The van der Waals surface area contributed by atoms with Crippen molar-refractivity contribution in [3.8, 4) is 0 Å². The molecule has 0 radical (unpaired) electrons. The van der Waals surface area contributed by atoms with Gasteiger partial charge in [0.15, 0.2) is 0 Å². The summed E-state index contributed by atoms with van der Waals surface area (Å²) in [6.45, 7) is 7.84. The van der Waals surface area contributed by atoms with Crippen molar-refractivity contribution in [3.05, 3.63) is 51.9 Å². The predicted molar refractivity (Wildman–Crippen MR) is 91.8 cm³/mol. The SMILES string of the molecule is Cc1sc(NC(=O)c2ccccc2)c(C[NH+]2CCCC2)c1C. The number of likely N-dealkylation sites (tertiary alicyclic amines) is 1. The van der Waals surface area contributed by atoms with Crippen molar-refractivity contribution in [3.63, 3.8) is 0 Å². The fraction of sp³-hybridized carbons (Fsp3) is 0.389. The summed E-state index contributed by atoms with van der Waals surface area (Å²) in [5.41, 5.74) is 3.38. The Morgan fingerprint density at radius 3 is 2.55 bits per heavy atom. The Kier molecular flexibility index (Phi) is 4.60. The summed E-state index contributed by atoms with van der Waals surface area (Å²) in [6, 6.07) is 9.44. The second kappa shape index (κ2) is 6.63. The Balaban J connectivity index is 1.80. The molecule has 1 saturated heterocycles. The van der Waals surface area contributed by atoms with Crippen LogP contribution in [0, 0.1) is 13.8 Å². The number of thiophene rings is 1. The summed E-state index contributed by atoms with van der Waals surface area (Å²) >= 11 is 1.70. The molecule has 1 aromatic carbocycles. The fourth-order valence-electron chi connectivity index (χ4n) is 3.05. The molecule has 1 fully saturated rings. The Labute approximate surface area is 136 Å². The highest BCUT2D eigenvalue weighted by Crippen LogP contribution is 2.32. The van der Waals surface area contributed by atoms with Crippen LogP contribution in [0.1, 0.15) is 39.2 Å². The molecule has 0 bridgehead atoms. The Bertz CT molecular complexity index is 657. The third-order valence-corrected chi connectivity index (χ3v) is 5.68. The van der Waals surface area contributed by atoms with Crippen LogP contribution in [0.3, 0.4) is 0 Å². The number of hydrogen-bond acceptors (Lipinski definition) is 2. The van der Waals surface area contributed by atoms with E-state index in [0.29, 0.717) is 5.56 Å². The van der Waals surface area contributed by atoms with Crippen LogP contribution >= 0.6 is 11.3 Å². The molecule has 116 valence electrons. The van der Waals surface area contributed by atoms with Crippen molar-refractivity contribution in [2.45, 2.75) is 33.2 Å². The van der Waals surface area contributed by atoms with Crippen molar-refractivity contribution >= 4 is 22.2 Å². The van der Waals surface area contributed by atoms with E-state index >= 15 is 0 Å². The van der Waals surface area contributed by atoms with Gasteiger partial charge in [0, 0.05) is 28.8 Å². The first-order valence-electron chi connectivity index (χ1n) is 7.94. The monoisotopic (exact) mass is 315 g/mol. The highest BCUT2D eigenvalue weighted by Gasteiger charge is 2.22. The van der Waals surface area contributed by atoms with E-state index in [1.165, 1.54) is 41.9 Å². The van der Waals surface area contributed by atoms with Crippen LogP contribution < -0.4 is 10.2 Å². The molecule has 0 saturated carbocycles. The minimum atomic E-state index is -0.0143. The molecule has 1 aliphatic heterocycles. The maximum absolute atomic E-state index is 12.4. The van der Waals surface area contributed by atoms with Gasteiger partial charge >= 0.3 is 0 Å².